The van der Waals surface area contributed by atoms with E-state index in [0.717, 1.165) is 27.8 Å². The molecule has 0 aliphatic carbocycles. The van der Waals surface area contributed by atoms with Gasteiger partial charge in [0.1, 0.15) is 6.04 Å². The Morgan fingerprint density at radius 2 is 1.51 bits per heavy atom. The zero-order chi connectivity index (χ0) is 28.6. The minimum absolute atomic E-state index is 0.102. The molecule has 0 fully saturated rings. The summed E-state index contributed by atoms with van der Waals surface area (Å²) in [7, 11) is -1.99. The zero-order valence-electron chi connectivity index (χ0n) is 23.5. The molecule has 208 valence electrons. The van der Waals surface area contributed by atoms with Crippen molar-refractivity contribution in [1.82, 2.24) is 10.2 Å². The third-order valence-electron chi connectivity index (χ3n) is 6.78. The van der Waals surface area contributed by atoms with Gasteiger partial charge in [0.25, 0.3) is 0 Å². The average Bonchev–Trinajstić information content (AvgIpc) is 2.90. The Morgan fingerprint density at radius 1 is 0.872 bits per heavy atom. The van der Waals surface area contributed by atoms with E-state index in [4.69, 9.17) is 0 Å². The van der Waals surface area contributed by atoms with E-state index in [0.29, 0.717) is 18.5 Å². The van der Waals surface area contributed by atoms with Gasteiger partial charge in [-0.15, -0.1) is 0 Å². The van der Waals surface area contributed by atoms with Crippen molar-refractivity contribution in [3.63, 3.8) is 0 Å². The molecular formula is C31H39N3O4S. The number of carbonyl (C=O) groups excluding carboxylic acids is 2. The van der Waals surface area contributed by atoms with E-state index >= 15 is 0 Å². The highest BCUT2D eigenvalue weighted by Gasteiger charge is 2.30. The average molecular weight is 550 g/mol. The predicted molar refractivity (Wildman–Crippen MR) is 157 cm³/mol. The lowest BCUT2D eigenvalue weighted by molar-refractivity contribution is -0.141. The lowest BCUT2D eigenvalue weighted by Crippen LogP contribution is -2.49. The second-order valence-corrected chi connectivity index (χ2v) is 12.0. The number of carbonyl (C=O) groups is 2. The van der Waals surface area contributed by atoms with Crippen LogP contribution in [0.2, 0.25) is 0 Å². The molecule has 0 heterocycles. The lowest BCUT2D eigenvalue weighted by Gasteiger charge is -2.32. The van der Waals surface area contributed by atoms with Gasteiger partial charge in [-0.1, -0.05) is 72.3 Å². The van der Waals surface area contributed by atoms with E-state index in [1.165, 1.54) is 10.6 Å². The second-order valence-electron chi connectivity index (χ2n) is 10.1. The molecule has 3 rings (SSSR count). The van der Waals surface area contributed by atoms with E-state index in [2.05, 4.69) is 5.32 Å². The van der Waals surface area contributed by atoms with Crippen LogP contribution in [0.3, 0.4) is 0 Å². The summed E-state index contributed by atoms with van der Waals surface area (Å²) in [5, 5.41) is 2.72. The highest BCUT2D eigenvalue weighted by atomic mass is 32.2. The van der Waals surface area contributed by atoms with Crippen LogP contribution in [0.25, 0.3) is 0 Å². The minimum atomic E-state index is -3.56. The Labute approximate surface area is 232 Å². The Hall–Kier alpha value is -3.65. The summed E-state index contributed by atoms with van der Waals surface area (Å²) in [6, 6.07) is 22.5. The number of hydrogen-bond donors (Lipinski definition) is 1. The van der Waals surface area contributed by atoms with Crippen LogP contribution in [-0.4, -0.2) is 51.0 Å². The van der Waals surface area contributed by atoms with Gasteiger partial charge in [0.15, 0.2) is 0 Å². The van der Waals surface area contributed by atoms with Crippen LogP contribution >= 0.6 is 0 Å². The number of aryl methyl sites for hydroxylation is 3. The van der Waals surface area contributed by atoms with Crippen LogP contribution in [0.4, 0.5) is 5.69 Å². The van der Waals surface area contributed by atoms with E-state index in [1.54, 1.807) is 11.9 Å². The van der Waals surface area contributed by atoms with Crippen molar-refractivity contribution in [2.24, 2.45) is 0 Å². The smallest absolute Gasteiger partial charge is 0.242 e. The first-order chi connectivity index (χ1) is 18.5. The number of benzene rings is 3. The Balaban J connectivity index is 1.86. The second kappa shape index (κ2) is 13.4. The third-order valence-corrected chi connectivity index (χ3v) is 7.96. The molecule has 3 aromatic carbocycles. The SMILES string of the molecule is CNC(=O)C(Cc1ccccc1)N(Cc1ccc(C)cc1)C(=O)CCCN(c1cc(C)ccc1C)S(C)(=O)=O. The molecule has 0 saturated heterocycles. The van der Waals surface area contributed by atoms with Crippen LogP contribution in [0.5, 0.6) is 0 Å². The first-order valence-electron chi connectivity index (χ1n) is 13.1. The summed E-state index contributed by atoms with van der Waals surface area (Å²) < 4.78 is 26.8. The van der Waals surface area contributed by atoms with Crippen molar-refractivity contribution < 1.29 is 18.0 Å². The summed E-state index contributed by atoms with van der Waals surface area (Å²) in [6.07, 6.45) is 1.97. The molecule has 8 heteroatoms. The molecule has 3 aromatic rings. The van der Waals surface area contributed by atoms with E-state index in [9.17, 15) is 18.0 Å². The van der Waals surface area contributed by atoms with Gasteiger partial charge in [-0.05, 0) is 55.5 Å². The van der Waals surface area contributed by atoms with Crippen molar-refractivity contribution in [2.75, 3.05) is 24.2 Å². The molecule has 1 atom stereocenters. The first-order valence-corrected chi connectivity index (χ1v) is 15.0. The fourth-order valence-electron chi connectivity index (χ4n) is 4.58. The maximum atomic E-state index is 13.7. The number of amides is 2. The molecule has 0 aliphatic heterocycles. The predicted octanol–water partition coefficient (Wildman–Crippen LogP) is 4.54. The summed E-state index contributed by atoms with van der Waals surface area (Å²) in [4.78, 5) is 28.4. The Bertz CT molecular complexity index is 1370. The Kier molecular flexibility index (Phi) is 10.3. The monoisotopic (exact) mass is 549 g/mol. The molecule has 0 aliphatic rings. The van der Waals surface area contributed by atoms with Gasteiger partial charge in [0.05, 0.1) is 11.9 Å². The molecule has 1 N–H and O–H groups in total. The topological polar surface area (TPSA) is 86.8 Å². The van der Waals surface area contributed by atoms with Crippen LogP contribution in [-0.2, 0) is 32.6 Å². The third kappa shape index (κ3) is 8.42. The largest absolute Gasteiger partial charge is 0.357 e. The van der Waals surface area contributed by atoms with Crippen LogP contribution < -0.4 is 9.62 Å². The maximum absolute atomic E-state index is 13.7. The molecule has 0 saturated carbocycles. The van der Waals surface area contributed by atoms with Crippen molar-refractivity contribution in [2.45, 2.75) is 52.6 Å². The van der Waals surface area contributed by atoms with Gasteiger partial charge in [0.2, 0.25) is 21.8 Å². The highest BCUT2D eigenvalue weighted by Crippen LogP contribution is 2.25. The summed E-state index contributed by atoms with van der Waals surface area (Å²) >= 11 is 0. The van der Waals surface area contributed by atoms with Gasteiger partial charge < -0.3 is 10.2 Å². The van der Waals surface area contributed by atoms with Gasteiger partial charge in [-0.2, -0.15) is 0 Å². The molecule has 39 heavy (non-hydrogen) atoms. The fraction of sp³-hybridized carbons (Fsp3) is 0.355. The molecule has 0 bridgehead atoms. The molecule has 0 spiro atoms. The van der Waals surface area contributed by atoms with Crippen molar-refractivity contribution in [1.29, 1.82) is 0 Å². The molecule has 0 radical (unpaired) electrons. The van der Waals surface area contributed by atoms with Crippen LogP contribution in [0.15, 0.2) is 72.8 Å². The van der Waals surface area contributed by atoms with Crippen molar-refractivity contribution in [3.05, 3.63) is 101 Å². The van der Waals surface area contributed by atoms with Gasteiger partial charge in [-0.3, -0.25) is 13.9 Å². The number of likely N-dealkylation sites (N-methyl/N-ethyl adjacent to an activating group) is 1. The maximum Gasteiger partial charge on any atom is 0.242 e. The quantitative estimate of drug-likeness (QED) is 0.359. The molecule has 0 aromatic heterocycles. The highest BCUT2D eigenvalue weighted by molar-refractivity contribution is 7.92. The molecular weight excluding hydrogens is 510 g/mol. The number of rotatable bonds is 12. The van der Waals surface area contributed by atoms with Crippen molar-refractivity contribution in [3.8, 4) is 0 Å². The van der Waals surface area contributed by atoms with Gasteiger partial charge in [-0.25, -0.2) is 8.42 Å². The number of hydrogen-bond acceptors (Lipinski definition) is 4. The first kappa shape index (κ1) is 29.9. The number of nitrogens with one attached hydrogen (secondary N) is 1. The standard InChI is InChI=1S/C31H39N3O4S/c1-23-14-17-27(18-15-23)22-33(29(31(36)32-4)21-26-10-7-6-8-11-26)30(35)12-9-19-34(39(5,37)38)28-20-24(2)13-16-25(28)3/h6-8,10-11,13-18,20,29H,9,12,19,21-22H2,1-5H3,(H,32,36). The zero-order valence-corrected chi connectivity index (χ0v) is 24.3. The normalized spacial score (nSPS) is 12.0. The van der Waals surface area contributed by atoms with Crippen LogP contribution in [0, 0.1) is 20.8 Å². The summed E-state index contributed by atoms with van der Waals surface area (Å²) in [5.41, 5.74) is 5.40. The van der Waals surface area contributed by atoms with Gasteiger partial charge in [0, 0.05) is 33.0 Å². The Morgan fingerprint density at radius 3 is 2.13 bits per heavy atom. The molecule has 2 amide bonds. The minimum Gasteiger partial charge on any atom is -0.357 e. The number of anilines is 1. The van der Waals surface area contributed by atoms with Crippen LogP contribution in [0.1, 0.15) is 40.7 Å². The number of nitrogens with zero attached hydrogens (tertiary/aromatic N) is 2. The lowest BCUT2D eigenvalue weighted by atomic mass is 10.0. The van der Waals surface area contributed by atoms with E-state index in [-0.39, 0.29) is 31.3 Å². The van der Waals surface area contributed by atoms with E-state index in [1.807, 2.05) is 93.6 Å². The fourth-order valence-corrected chi connectivity index (χ4v) is 5.60. The molecule has 1 unspecified atom stereocenters. The van der Waals surface area contributed by atoms with Gasteiger partial charge >= 0.3 is 0 Å². The summed E-state index contributed by atoms with van der Waals surface area (Å²) in [5.74, 6) is -0.443. The van der Waals surface area contributed by atoms with Crippen molar-refractivity contribution >= 4 is 27.5 Å². The number of sulfonamides is 1. The van der Waals surface area contributed by atoms with E-state index < -0.39 is 16.1 Å². The molecule has 7 nitrogen and oxygen atoms in total. The summed E-state index contributed by atoms with van der Waals surface area (Å²) in [6.45, 7) is 6.23.